The number of nitrogens with two attached hydrogens (primary N) is 1. The molecule has 0 unspecified atom stereocenters. The molecule has 0 amide bonds. The van der Waals surface area contributed by atoms with E-state index in [0.29, 0.717) is 22.3 Å². The summed E-state index contributed by atoms with van der Waals surface area (Å²) in [5.41, 5.74) is 6.34. The predicted molar refractivity (Wildman–Crippen MR) is 67.9 cm³/mol. The Morgan fingerprint density at radius 3 is 2.69 bits per heavy atom. The van der Waals surface area contributed by atoms with Crippen LogP contribution in [0.5, 0.6) is 11.6 Å². The van der Waals surface area contributed by atoms with E-state index in [2.05, 4.69) is 20.9 Å². The summed E-state index contributed by atoms with van der Waals surface area (Å²) >= 11 is 9.04. The number of hydrogen-bond donors (Lipinski definition) is 1. The second-order valence-corrected chi connectivity index (χ2v) is 4.45. The van der Waals surface area contributed by atoms with Crippen LogP contribution in [-0.2, 0) is 0 Å². The second-order valence-electron chi connectivity index (χ2n) is 3.10. The Morgan fingerprint density at radius 2 is 2.06 bits per heavy atom. The lowest BCUT2D eigenvalue weighted by Gasteiger charge is -2.07. The average Bonchev–Trinajstić information content (AvgIpc) is 2.25. The first-order valence-corrected chi connectivity index (χ1v) is 5.67. The number of hydrogen-bond acceptors (Lipinski definition) is 3. The van der Waals surface area contributed by atoms with Gasteiger partial charge >= 0.3 is 0 Å². The number of rotatable bonds is 2. The van der Waals surface area contributed by atoms with E-state index in [4.69, 9.17) is 22.1 Å². The highest BCUT2D eigenvalue weighted by molar-refractivity contribution is 9.10. The second kappa shape index (κ2) is 4.72. The van der Waals surface area contributed by atoms with Gasteiger partial charge in [-0.1, -0.05) is 27.5 Å². The number of ether oxygens (including phenoxy) is 1. The largest absolute Gasteiger partial charge is 0.437 e. The molecule has 2 rings (SSSR count). The van der Waals surface area contributed by atoms with Gasteiger partial charge in [0.25, 0.3) is 0 Å². The van der Waals surface area contributed by atoms with Gasteiger partial charge in [0.05, 0.1) is 10.7 Å². The van der Waals surface area contributed by atoms with Gasteiger partial charge in [0.2, 0.25) is 5.88 Å². The minimum Gasteiger partial charge on any atom is -0.437 e. The molecule has 1 aromatic carbocycles. The summed E-state index contributed by atoms with van der Waals surface area (Å²) < 4.78 is 6.41. The van der Waals surface area contributed by atoms with E-state index in [1.807, 2.05) is 6.07 Å². The van der Waals surface area contributed by atoms with Crippen molar-refractivity contribution in [2.45, 2.75) is 0 Å². The van der Waals surface area contributed by atoms with E-state index in [1.54, 1.807) is 24.3 Å². The van der Waals surface area contributed by atoms with Crippen LogP contribution < -0.4 is 10.5 Å². The van der Waals surface area contributed by atoms with E-state index in [9.17, 15) is 0 Å². The van der Waals surface area contributed by atoms with Crippen LogP contribution in [0, 0.1) is 0 Å². The van der Waals surface area contributed by atoms with Crippen LogP contribution in [0.1, 0.15) is 0 Å². The van der Waals surface area contributed by atoms with Crippen molar-refractivity contribution in [3.8, 4) is 11.6 Å². The molecular formula is C11H8BrClN2O. The Kier molecular flexibility index (Phi) is 3.31. The lowest BCUT2D eigenvalue weighted by Crippen LogP contribution is -1.93. The zero-order valence-corrected chi connectivity index (χ0v) is 10.5. The molecule has 0 aliphatic carbocycles. The first-order chi connectivity index (χ1) is 7.65. The van der Waals surface area contributed by atoms with Gasteiger partial charge in [-0.25, -0.2) is 4.98 Å². The highest BCUT2D eigenvalue weighted by atomic mass is 79.9. The van der Waals surface area contributed by atoms with Crippen molar-refractivity contribution in [2.24, 2.45) is 0 Å². The summed E-state index contributed by atoms with van der Waals surface area (Å²) in [6.07, 6.45) is 1.52. The van der Waals surface area contributed by atoms with E-state index in [1.165, 1.54) is 6.20 Å². The number of aromatic nitrogens is 1. The topological polar surface area (TPSA) is 48.1 Å². The van der Waals surface area contributed by atoms with Gasteiger partial charge in [0.1, 0.15) is 0 Å². The standard InChI is InChI=1S/C11H8BrClN2O/c12-7-1-3-10(9(14)5-7)16-11-4-2-8(13)6-15-11/h1-6H,14H2. The molecule has 5 heteroatoms. The summed E-state index contributed by atoms with van der Waals surface area (Å²) in [7, 11) is 0. The molecule has 0 atom stereocenters. The molecule has 2 N–H and O–H groups in total. The van der Waals surface area contributed by atoms with Gasteiger partial charge in [-0.3, -0.25) is 0 Å². The van der Waals surface area contributed by atoms with Gasteiger partial charge in [-0.05, 0) is 24.3 Å². The molecule has 0 spiro atoms. The average molecular weight is 300 g/mol. The molecule has 0 bridgehead atoms. The van der Waals surface area contributed by atoms with Crippen molar-refractivity contribution >= 4 is 33.2 Å². The van der Waals surface area contributed by atoms with E-state index in [-0.39, 0.29) is 0 Å². The van der Waals surface area contributed by atoms with Crippen molar-refractivity contribution in [3.63, 3.8) is 0 Å². The maximum atomic E-state index is 5.79. The van der Waals surface area contributed by atoms with E-state index < -0.39 is 0 Å². The van der Waals surface area contributed by atoms with Gasteiger partial charge in [-0.15, -0.1) is 0 Å². The first kappa shape index (κ1) is 11.2. The van der Waals surface area contributed by atoms with Crippen molar-refractivity contribution in [1.82, 2.24) is 4.98 Å². The molecule has 1 heterocycles. The number of nitrogens with zero attached hydrogens (tertiary/aromatic N) is 1. The van der Waals surface area contributed by atoms with Crippen LogP contribution in [0.3, 0.4) is 0 Å². The van der Waals surface area contributed by atoms with Crippen LogP contribution in [-0.4, -0.2) is 4.98 Å². The summed E-state index contributed by atoms with van der Waals surface area (Å²) in [6, 6.07) is 8.78. The first-order valence-electron chi connectivity index (χ1n) is 4.49. The molecule has 1 aromatic heterocycles. The number of pyridine rings is 1. The summed E-state index contributed by atoms with van der Waals surface area (Å²) in [5, 5.41) is 0.566. The molecule has 0 aliphatic rings. The molecule has 0 fully saturated rings. The molecule has 0 aliphatic heterocycles. The summed E-state index contributed by atoms with van der Waals surface area (Å²) in [6.45, 7) is 0. The van der Waals surface area contributed by atoms with Gasteiger partial charge in [0, 0.05) is 16.7 Å². The zero-order valence-electron chi connectivity index (χ0n) is 8.15. The van der Waals surface area contributed by atoms with Crippen molar-refractivity contribution in [1.29, 1.82) is 0 Å². The minimum atomic E-state index is 0.457. The molecule has 3 nitrogen and oxygen atoms in total. The Bertz CT molecular complexity index is 502. The van der Waals surface area contributed by atoms with Gasteiger partial charge in [0.15, 0.2) is 5.75 Å². The monoisotopic (exact) mass is 298 g/mol. The fraction of sp³-hybridized carbons (Fsp3) is 0. The minimum absolute atomic E-state index is 0.457. The van der Waals surface area contributed by atoms with E-state index >= 15 is 0 Å². The van der Waals surface area contributed by atoms with Crippen molar-refractivity contribution < 1.29 is 4.74 Å². The van der Waals surface area contributed by atoms with Crippen LogP contribution in [0.2, 0.25) is 5.02 Å². The lowest BCUT2D eigenvalue weighted by atomic mass is 10.3. The summed E-state index contributed by atoms with van der Waals surface area (Å²) in [5.74, 6) is 1.02. The predicted octanol–water partition coefficient (Wildman–Crippen LogP) is 3.87. The van der Waals surface area contributed by atoms with Gasteiger partial charge < -0.3 is 10.5 Å². The Balaban J connectivity index is 2.23. The molecular weight excluding hydrogens is 291 g/mol. The maximum Gasteiger partial charge on any atom is 0.219 e. The third kappa shape index (κ3) is 2.65. The normalized spacial score (nSPS) is 10.1. The SMILES string of the molecule is Nc1cc(Br)ccc1Oc1ccc(Cl)cn1. The smallest absolute Gasteiger partial charge is 0.219 e. The van der Waals surface area contributed by atoms with Crippen LogP contribution in [0.4, 0.5) is 5.69 Å². The molecule has 0 radical (unpaired) electrons. The van der Waals surface area contributed by atoms with Crippen LogP contribution in [0.15, 0.2) is 41.0 Å². The Morgan fingerprint density at radius 1 is 1.25 bits per heavy atom. The van der Waals surface area contributed by atoms with Crippen LogP contribution in [0.25, 0.3) is 0 Å². The lowest BCUT2D eigenvalue weighted by molar-refractivity contribution is 0.465. The molecule has 0 saturated carbocycles. The highest BCUT2D eigenvalue weighted by Crippen LogP contribution is 2.29. The Hall–Kier alpha value is -1.26. The zero-order chi connectivity index (χ0) is 11.5. The van der Waals surface area contributed by atoms with Gasteiger partial charge in [-0.2, -0.15) is 0 Å². The number of nitrogen functional groups attached to an aromatic ring is 1. The molecule has 16 heavy (non-hydrogen) atoms. The third-order valence-electron chi connectivity index (χ3n) is 1.89. The number of benzene rings is 1. The molecule has 2 aromatic rings. The fourth-order valence-corrected chi connectivity index (χ4v) is 1.64. The van der Waals surface area contributed by atoms with Crippen molar-refractivity contribution in [3.05, 3.63) is 46.0 Å². The number of anilines is 1. The summed E-state index contributed by atoms with van der Waals surface area (Å²) in [4.78, 5) is 4.02. The van der Waals surface area contributed by atoms with E-state index in [0.717, 1.165) is 4.47 Å². The third-order valence-corrected chi connectivity index (χ3v) is 2.60. The van der Waals surface area contributed by atoms with Crippen molar-refractivity contribution in [2.75, 3.05) is 5.73 Å². The van der Waals surface area contributed by atoms with Crippen LogP contribution >= 0.6 is 27.5 Å². The Labute approximate surface area is 106 Å². The maximum absolute atomic E-state index is 5.79. The number of halogens is 2. The fourth-order valence-electron chi connectivity index (χ4n) is 1.15. The molecule has 0 saturated heterocycles. The molecule has 82 valence electrons. The quantitative estimate of drug-likeness (QED) is 0.856. The highest BCUT2D eigenvalue weighted by Gasteiger charge is 2.03.